The van der Waals surface area contributed by atoms with Crippen molar-refractivity contribution in [3.8, 4) is 11.8 Å². The third kappa shape index (κ3) is 4.30. The predicted molar refractivity (Wildman–Crippen MR) is 75.2 cm³/mol. The van der Waals surface area contributed by atoms with Gasteiger partial charge in [0, 0.05) is 11.8 Å². The zero-order valence-electron chi connectivity index (χ0n) is 12.0. The minimum Gasteiger partial charge on any atom is -0.469 e. The van der Waals surface area contributed by atoms with Crippen LogP contribution in [0.2, 0.25) is 0 Å². The van der Waals surface area contributed by atoms with E-state index in [1.54, 1.807) is 24.3 Å². The van der Waals surface area contributed by atoms with Gasteiger partial charge in [0.05, 0.1) is 13.5 Å². The number of nitrogens with zero attached hydrogens (tertiary/aromatic N) is 2. The molecule has 1 aromatic heterocycles. The molecule has 2 aromatic rings. The molecule has 0 unspecified atom stereocenters. The monoisotopic (exact) mass is 320 g/mol. The van der Waals surface area contributed by atoms with Crippen molar-refractivity contribution < 1.29 is 22.7 Å². The maximum absolute atomic E-state index is 12.9. The van der Waals surface area contributed by atoms with Crippen molar-refractivity contribution in [3.63, 3.8) is 0 Å². The highest BCUT2D eigenvalue weighted by molar-refractivity contribution is 5.73. The van der Waals surface area contributed by atoms with Crippen LogP contribution in [-0.4, -0.2) is 23.0 Å². The van der Waals surface area contributed by atoms with Crippen molar-refractivity contribution >= 4 is 5.97 Å². The van der Waals surface area contributed by atoms with E-state index in [0.29, 0.717) is 17.3 Å². The fourth-order valence-corrected chi connectivity index (χ4v) is 1.79. The lowest BCUT2D eigenvalue weighted by molar-refractivity contribution is -0.140. The standard InChI is InChI=1S/C16H11F3N2O2/c1-23-15(22)8-12-5-3-2-4-11(12)6-7-14-13(16(17,18)19)9-20-10-21-14/h2-5,9-10H,8H2,1H3. The fourth-order valence-electron chi connectivity index (χ4n) is 1.79. The average Bonchev–Trinajstić information content (AvgIpc) is 2.53. The highest BCUT2D eigenvalue weighted by atomic mass is 19.4. The summed E-state index contributed by atoms with van der Waals surface area (Å²) < 4.78 is 43.2. The van der Waals surface area contributed by atoms with Gasteiger partial charge in [0.2, 0.25) is 0 Å². The van der Waals surface area contributed by atoms with Crippen molar-refractivity contribution in [3.05, 3.63) is 59.2 Å². The van der Waals surface area contributed by atoms with Gasteiger partial charge < -0.3 is 4.74 Å². The molecule has 0 N–H and O–H groups in total. The molecule has 0 aliphatic heterocycles. The number of hydrogen-bond donors (Lipinski definition) is 0. The number of halogens is 3. The summed E-state index contributed by atoms with van der Waals surface area (Å²) in [5.74, 6) is 4.56. The van der Waals surface area contributed by atoms with Crippen LogP contribution < -0.4 is 0 Å². The van der Waals surface area contributed by atoms with Gasteiger partial charge in [-0.1, -0.05) is 24.1 Å². The molecule has 7 heteroatoms. The number of benzene rings is 1. The van der Waals surface area contributed by atoms with Crippen LogP contribution in [0.3, 0.4) is 0 Å². The van der Waals surface area contributed by atoms with Crippen molar-refractivity contribution in [2.45, 2.75) is 12.6 Å². The van der Waals surface area contributed by atoms with Gasteiger partial charge in [-0.25, -0.2) is 9.97 Å². The van der Waals surface area contributed by atoms with Gasteiger partial charge >= 0.3 is 12.1 Å². The van der Waals surface area contributed by atoms with Crippen LogP contribution >= 0.6 is 0 Å². The number of esters is 1. The van der Waals surface area contributed by atoms with E-state index < -0.39 is 23.4 Å². The fraction of sp³-hybridized carbons (Fsp3) is 0.188. The van der Waals surface area contributed by atoms with E-state index in [4.69, 9.17) is 0 Å². The van der Waals surface area contributed by atoms with Crippen LogP contribution in [0.1, 0.15) is 22.4 Å². The van der Waals surface area contributed by atoms with Gasteiger partial charge in [-0.15, -0.1) is 0 Å². The summed E-state index contributed by atoms with van der Waals surface area (Å²) in [5, 5.41) is 0. The quantitative estimate of drug-likeness (QED) is 0.630. The Bertz CT molecular complexity index is 777. The Morgan fingerprint density at radius 2 is 2.00 bits per heavy atom. The molecule has 0 spiro atoms. The summed E-state index contributed by atoms with van der Waals surface area (Å²) in [6.07, 6.45) is -2.93. The third-order valence-corrected chi connectivity index (χ3v) is 2.91. The molecular formula is C16H11F3N2O2. The normalized spacial score (nSPS) is 10.6. The first-order valence-corrected chi connectivity index (χ1v) is 6.45. The molecule has 0 bridgehead atoms. The first-order valence-electron chi connectivity index (χ1n) is 6.45. The molecule has 0 aliphatic carbocycles. The summed E-state index contributed by atoms with van der Waals surface area (Å²) >= 11 is 0. The second-order valence-electron chi connectivity index (χ2n) is 4.44. The van der Waals surface area contributed by atoms with Crippen LogP contribution in [0.5, 0.6) is 0 Å². The molecule has 23 heavy (non-hydrogen) atoms. The topological polar surface area (TPSA) is 52.1 Å². The molecule has 1 heterocycles. The van der Waals surface area contributed by atoms with Gasteiger partial charge in [-0.3, -0.25) is 4.79 Å². The molecule has 0 atom stereocenters. The Labute approximate surface area is 130 Å². The van der Waals surface area contributed by atoms with E-state index in [2.05, 4.69) is 26.5 Å². The average molecular weight is 320 g/mol. The van der Waals surface area contributed by atoms with E-state index in [0.717, 1.165) is 6.33 Å². The second kappa shape index (κ2) is 6.92. The number of carbonyl (C=O) groups is 1. The summed E-state index contributed by atoms with van der Waals surface area (Å²) in [6.45, 7) is 0. The molecule has 0 saturated carbocycles. The molecule has 0 aliphatic rings. The Kier molecular flexibility index (Phi) is 4.96. The van der Waals surface area contributed by atoms with Gasteiger partial charge in [0.1, 0.15) is 17.6 Å². The highest BCUT2D eigenvalue weighted by Gasteiger charge is 2.34. The van der Waals surface area contributed by atoms with Crippen molar-refractivity contribution in [1.82, 2.24) is 9.97 Å². The van der Waals surface area contributed by atoms with Crippen LogP contribution in [0.25, 0.3) is 0 Å². The number of carbonyl (C=O) groups excluding carboxylic acids is 1. The second-order valence-corrected chi connectivity index (χ2v) is 4.44. The van der Waals surface area contributed by atoms with Crippen LogP contribution in [0.4, 0.5) is 13.2 Å². The van der Waals surface area contributed by atoms with Crippen LogP contribution in [0, 0.1) is 11.8 Å². The molecule has 0 fully saturated rings. The number of rotatable bonds is 2. The molecule has 118 valence electrons. The van der Waals surface area contributed by atoms with Crippen molar-refractivity contribution in [1.29, 1.82) is 0 Å². The Morgan fingerprint density at radius 3 is 2.70 bits per heavy atom. The summed E-state index contributed by atoms with van der Waals surface area (Å²) in [4.78, 5) is 18.3. The largest absolute Gasteiger partial charge is 0.469 e. The SMILES string of the molecule is COC(=O)Cc1ccccc1C#Cc1ncncc1C(F)(F)F. The smallest absolute Gasteiger partial charge is 0.420 e. The third-order valence-electron chi connectivity index (χ3n) is 2.91. The number of ether oxygens (including phenoxy) is 1. The number of aromatic nitrogens is 2. The van der Waals surface area contributed by atoms with Gasteiger partial charge in [-0.2, -0.15) is 13.2 Å². The minimum atomic E-state index is -4.59. The van der Waals surface area contributed by atoms with E-state index in [-0.39, 0.29) is 6.42 Å². The van der Waals surface area contributed by atoms with Crippen molar-refractivity contribution in [2.75, 3.05) is 7.11 Å². The molecule has 4 nitrogen and oxygen atoms in total. The van der Waals surface area contributed by atoms with Gasteiger partial charge in [0.25, 0.3) is 0 Å². The van der Waals surface area contributed by atoms with Crippen molar-refractivity contribution in [2.24, 2.45) is 0 Å². The first kappa shape index (κ1) is 16.5. The van der Waals surface area contributed by atoms with Crippen LogP contribution in [-0.2, 0) is 22.1 Å². The molecule has 2 rings (SSSR count). The first-order chi connectivity index (χ1) is 10.9. The lowest BCUT2D eigenvalue weighted by Gasteiger charge is -2.06. The number of hydrogen-bond acceptors (Lipinski definition) is 4. The highest BCUT2D eigenvalue weighted by Crippen LogP contribution is 2.30. The van der Waals surface area contributed by atoms with E-state index in [1.165, 1.54) is 7.11 Å². The molecule has 0 amide bonds. The lowest BCUT2D eigenvalue weighted by atomic mass is 10.0. The summed E-state index contributed by atoms with van der Waals surface area (Å²) in [7, 11) is 1.26. The van der Waals surface area contributed by atoms with Gasteiger partial charge in [0.15, 0.2) is 0 Å². The maximum atomic E-state index is 12.9. The Balaban J connectivity index is 2.39. The zero-order valence-corrected chi connectivity index (χ0v) is 12.0. The zero-order chi connectivity index (χ0) is 16.9. The predicted octanol–water partition coefficient (Wildman–Crippen LogP) is 2.61. The maximum Gasteiger partial charge on any atom is 0.420 e. The number of methoxy groups -OCH3 is 1. The Hall–Kier alpha value is -2.88. The molecule has 1 aromatic carbocycles. The molecule has 0 saturated heterocycles. The summed E-state index contributed by atoms with van der Waals surface area (Å²) in [5.41, 5.74) is -0.419. The molecular weight excluding hydrogens is 309 g/mol. The number of alkyl halides is 3. The minimum absolute atomic E-state index is 0.0166. The summed E-state index contributed by atoms with van der Waals surface area (Å²) in [6, 6.07) is 6.65. The molecule has 0 radical (unpaired) electrons. The van der Waals surface area contributed by atoms with Gasteiger partial charge in [-0.05, 0) is 17.6 Å². The van der Waals surface area contributed by atoms with Crippen LogP contribution in [0.15, 0.2) is 36.8 Å². The van der Waals surface area contributed by atoms with E-state index >= 15 is 0 Å². The Morgan fingerprint density at radius 1 is 1.26 bits per heavy atom. The van der Waals surface area contributed by atoms with E-state index in [1.807, 2.05) is 0 Å². The van der Waals surface area contributed by atoms with E-state index in [9.17, 15) is 18.0 Å². The lowest BCUT2D eigenvalue weighted by Crippen LogP contribution is -2.09.